The fourth-order valence-electron chi connectivity index (χ4n) is 1.87. The molecule has 2 fully saturated rings. The smallest absolute Gasteiger partial charge is 0.317 e. The van der Waals surface area contributed by atoms with Crippen LogP contribution in [-0.2, 0) is 4.79 Å². The third-order valence-electron chi connectivity index (χ3n) is 2.99. The van der Waals surface area contributed by atoms with E-state index >= 15 is 0 Å². The molecule has 5 heteroatoms. The molecule has 3 amide bonds. The number of carbonyl (C=O) groups excluding carboxylic acids is 2. The van der Waals surface area contributed by atoms with Crippen LogP contribution in [0.15, 0.2) is 0 Å². The van der Waals surface area contributed by atoms with Crippen molar-refractivity contribution in [3.05, 3.63) is 0 Å². The lowest BCUT2D eigenvalue weighted by atomic mass is 10.1. The van der Waals surface area contributed by atoms with E-state index in [1.165, 1.54) is 6.42 Å². The summed E-state index contributed by atoms with van der Waals surface area (Å²) in [5.74, 6) is -0.0761. The number of rotatable bonds is 3. The maximum Gasteiger partial charge on any atom is 0.317 e. The Morgan fingerprint density at radius 3 is 2.44 bits per heavy atom. The fourth-order valence-corrected chi connectivity index (χ4v) is 1.87. The second kappa shape index (κ2) is 5.18. The topological polar surface area (TPSA) is 61.4 Å². The first-order valence-corrected chi connectivity index (χ1v) is 6.08. The van der Waals surface area contributed by atoms with Gasteiger partial charge >= 0.3 is 6.03 Å². The van der Waals surface area contributed by atoms with E-state index in [1.807, 2.05) is 0 Å². The Morgan fingerprint density at radius 2 is 1.81 bits per heavy atom. The minimum Gasteiger partial charge on any atom is -0.352 e. The van der Waals surface area contributed by atoms with Crippen LogP contribution in [0, 0.1) is 0 Å². The van der Waals surface area contributed by atoms with E-state index in [9.17, 15) is 9.59 Å². The zero-order valence-corrected chi connectivity index (χ0v) is 9.50. The SMILES string of the molecule is O=C(CNC(=O)N1CCCCC1)NC1CC1. The molecule has 1 aliphatic heterocycles. The first-order valence-electron chi connectivity index (χ1n) is 6.08. The van der Waals surface area contributed by atoms with Crippen molar-refractivity contribution in [2.24, 2.45) is 0 Å². The number of piperidine rings is 1. The van der Waals surface area contributed by atoms with Crippen LogP contribution in [-0.4, -0.2) is 42.5 Å². The molecule has 2 aliphatic rings. The lowest BCUT2D eigenvalue weighted by molar-refractivity contribution is -0.120. The standard InChI is InChI=1S/C11H19N3O2/c15-10(13-9-4-5-9)8-12-11(16)14-6-2-1-3-7-14/h9H,1-8H2,(H,12,16)(H,13,15). The van der Waals surface area contributed by atoms with Crippen LogP contribution in [0.25, 0.3) is 0 Å². The molecule has 1 heterocycles. The third-order valence-corrected chi connectivity index (χ3v) is 2.99. The Balaban J connectivity index is 1.63. The number of likely N-dealkylation sites (tertiary alicyclic amines) is 1. The molecule has 0 radical (unpaired) electrons. The van der Waals surface area contributed by atoms with Crippen molar-refractivity contribution >= 4 is 11.9 Å². The molecule has 90 valence electrons. The van der Waals surface area contributed by atoms with Gasteiger partial charge < -0.3 is 15.5 Å². The van der Waals surface area contributed by atoms with Gasteiger partial charge in [0.1, 0.15) is 0 Å². The van der Waals surface area contributed by atoms with Crippen molar-refractivity contribution < 1.29 is 9.59 Å². The Hall–Kier alpha value is -1.26. The van der Waals surface area contributed by atoms with Gasteiger partial charge in [0, 0.05) is 19.1 Å². The Bertz CT molecular complexity index is 270. The highest BCUT2D eigenvalue weighted by molar-refractivity contribution is 5.84. The van der Waals surface area contributed by atoms with Crippen molar-refractivity contribution in [1.82, 2.24) is 15.5 Å². The average Bonchev–Trinajstić information content (AvgIpc) is 3.11. The number of amides is 3. The van der Waals surface area contributed by atoms with E-state index in [-0.39, 0.29) is 18.5 Å². The summed E-state index contributed by atoms with van der Waals surface area (Å²) >= 11 is 0. The molecule has 16 heavy (non-hydrogen) atoms. The summed E-state index contributed by atoms with van der Waals surface area (Å²) in [4.78, 5) is 24.8. The minimum atomic E-state index is -0.106. The molecule has 2 N–H and O–H groups in total. The van der Waals surface area contributed by atoms with Gasteiger partial charge in [0.05, 0.1) is 6.54 Å². The molecule has 0 aromatic carbocycles. The molecule has 0 bridgehead atoms. The number of hydrogen-bond donors (Lipinski definition) is 2. The molecule has 0 spiro atoms. The molecule has 1 saturated carbocycles. The third kappa shape index (κ3) is 3.40. The molecule has 0 aromatic rings. The van der Waals surface area contributed by atoms with E-state index in [2.05, 4.69) is 10.6 Å². The highest BCUT2D eigenvalue weighted by atomic mass is 16.2. The van der Waals surface area contributed by atoms with Gasteiger partial charge in [-0.25, -0.2) is 4.79 Å². The quantitative estimate of drug-likeness (QED) is 0.733. The summed E-state index contributed by atoms with van der Waals surface area (Å²) in [5.41, 5.74) is 0. The lowest BCUT2D eigenvalue weighted by Gasteiger charge is -2.26. The Morgan fingerprint density at radius 1 is 1.12 bits per heavy atom. The molecule has 0 unspecified atom stereocenters. The van der Waals surface area contributed by atoms with Crippen molar-refractivity contribution in [2.45, 2.75) is 38.1 Å². The normalized spacial score (nSPS) is 20.4. The van der Waals surface area contributed by atoms with Gasteiger partial charge in [-0.3, -0.25) is 4.79 Å². The van der Waals surface area contributed by atoms with Gasteiger partial charge in [0.25, 0.3) is 0 Å². The van der Waals surface area contributed by atoms with Gasteiger partial charge in [-0.2, -0.15) is 0 Å². The molecule has 1 saturated heterocycles. The summed E-state index contributed by atoms with van der Waals surface area (Å²) in [6.45, 7) is 1.73. The van der Waals surface area contributed by atoms with E-state index in [4.69, 9.17) is 0 Å². The van der Waals surface area contributed by atoms with Crippen LogP contribution in [0.1, 0.15) is 32.1 Å². The summed E-state index contributed by atoms with van der Waals surface area (Å²) in [5, 5.41) is 5.50. The van der Waals surface area contributed by atoms with Gasteiger partial charge in [0.15, 0.2) is 0 Å². The van der Waals surface area contributed by atoms with Crippen LogP contribution < -0.4 is 10.6 Å². The van der Waals surface area contributed by atoms with E-state index < -0.39 is 0 Å². The zero-order valence-electron chi connectivity index (χ0n) is 9.50. The molecule has 1 aliphatic carbocycles. The van der Waals surface area contributed by atoms with Crippen LogP contribution >= 0.6 is 0 Å². The number of nitrogens with zero attached hydrogens (tertiary/aromatic N) is 1. The van der Waals surface area contributed by atoms with Gasteiger partial charge in [-0.15, -0.1) is 0 Å². The van der Waals surface area contributed by atoms with Crippen molar-refractivity contribution in [2.75, 3.05) is 19.6 Å². The van der Waals surface area contributed by atoms with Crippen molar-refractivity contribution in [3.8, 4) is 0 Å². The molecule has 0 atom stereocenters. The van der Waals surface area contributed by atoms with Crippen LogP contribution in [0.5, 0.6) is 0 Å². The van der Waals surface area contributed by atoms with E-state index in [0.29, 0.717) is 6.04 Å². The summed E-state index contributed by atoms with van der Waals surface area (Å²) in [6.07, 6.45) is 5.49. The predicted octanol–water partition coefficient (Wildman–Crippen LogP) is 0.460. The maximum absolute atomic E-state index is 11.6. The Kier molecular flexibility index (Phi) is 3.64. The van der Waals surface area contributed by atoms with Gasteiger partial charge in [0.2, 0.25) is 5.91 Å². The number of carbonyl (C=O) groups is 2. The van der Waals surface area contributed by atoms with Gasteiger partial charge in [-0.05, 0) is 32.1 Å². The molecule has 2 rings (SSSR count). The second-order valence-electron chi connectivity index (χ2n) is 4.55. The van der Waals surface area contributed by atoms with Crippen molar-refractivity contribution in [1.29, 1.82) is 0 Å². The van der Waals surface area contributed by atoms with Crippen LogP contribution in [0.4, 0.5) is 4.79 Å². The second-order valence-corrected chi connectivity index (χ2v) is 4.55. The molecular formula is C11H19N3O2. The summed E-state index contributed by atoms with van der Waals surface area (Å²) in [7, 11) is 0. The summed E-state index contributed by atoms with van der Waals surface area (Å²) < 4.78 is 0. The molecular weight excluding hydrogens is 206 g/mol. The average molecular weight is 225 g/mol. The highest BCUT2D eigenvalue weighted by Crippen LogP contribution is 2.18. The largest absolute Gasteiger partial charge is 0.352 e. The summed E-state index contributed by atoms with van der Waals surface area (Å²) in [6, 6.07) is 0.255. The lowest BCUT2D eigenvalue weighted by Crippen LogP contribution is -2.46. The first-order chi connectivity index (χ1) is 7.75. The first kappa shape index (κ1) is 11.2. The maximum atomic E-state index is 11.6. The number of hydrogen-bond acceptors (Lipinski definition) is 2. The zero-order chi connectivity index (χ0) is 11.4. The van der Waals surface area contributed by atoms with E-state index in [0.717, 1.165) is 38.8 Å². The number of urea groups is 1. The van der Waals surface area contributed by atoms with Crippen LogP contribution in [0.3, 0.4) is 0 Å². The Labute approximate surface area is 95.6 Å². The fraction of sp³-hybridized carbons (Fsp3) is 0.818. The van der Waals surface area contributed by atoms with Gasteiger partial charge in [-0.1, -0.05) is 0 Å². The van der Waals surface area contributed by atoms with Crippen LogP contribution in [0.2, 0.25) is 0 Å². The molecule has 0 aromatic heterocycles. The number of nitrogens with one attached hydrogen (secondary N) is 2. The van der Waals surface area contributed by atoms with Crippen molar-refractivity contribution in [3.63, 3.8) is 0 Å². The molecule has 5 nitrogen and oxygen atoms in total. The monoisotopic (exact) mass is 225 g/mol. The predicted molar refractivity (Wildman–Crippen MR) is 60.0 cm³/mol. The van der Waals surface area contributed by atoms with E-state index in [1.54, 1.807) is 4.90 Å². The highest BCUT2D eigenvalue weighted by Gasteiger charge is 2.23. The minimum absolute atomic E-state index is 0.0761.